The summed E-state index contributed by atoms with van der Waals surface area (Å²) in [6.07, 6.45) is 2.24. The van der Waals surface area contributed by atoms with Gasteiger partial charge in [0.05, 0.1) is 0 Å². The molecule has 1 aromatic carbocycles. The Labute approximate surface area is 112 Å². The average Bonchev–Trinajstić information content (AvgIpc) is 2.61. The first-order valence-electron chi connectivity index (χ1n) is 6.37. The Bertz CT molecular complexity index is 392. The number of hydrogen-bond donors (Lipinski definition) is 1. The van der Waals surface area contributed by atoms with Crippen molar-refractivity contribution < 1.29 is 0 Å². The summed E-state index contributed by atoms with van der Waals surface area (Å²) < 4.78 is 1.15. The predicted molar refractivity (Wildman–Crippen MR) is 77.5 cm³/mol. The lowest BCUT2D eigenvalue weighted by Gasteiger charge is -2.27. The van der Waals surface area contributed by atoms with Crippen molar-refractivity contribution in [3.8, 4) is 0 Å². The predicted octanol–water partition coefficient (Wildman–Crippen LogP) is 3.19. The summed E-state index contributed by atoms with van der Waals surface area (Å²) in [5, 5.41) is 0. The third kappa shape index (κ3) is 2.83. The molecule has 2 rings (SSSR count). The second-order valence-electron chi connectivity index (χ2n) is 5.15. The quantitative estimate of drug-likeness (QED) is 0.928. The highest BCUT2D eigenvalue weighted by atomic mass is 79.9. The van der Waals surface area contributed by atoms with Gasteiger partial charge in [0.15, 0.2) is 0 Å². The van der Waals surface area contributed by atoms with E-state index in [9.17, 15) is 0 Å². The minimum absolute atomic E-state index is 0.635. The van der Waals surface area contributed by atoms with E-state index in [-0.39, 0.29) is 0 Å². The minimum atomic E-state index is 0.635. The number of benzene rings is 1. The zero-order valence-electron chi connectivity index (χ0n) is 10.6. The summed E-state index contributed by atoms with van der Waals surface area (Å²) >= 11 is 3.57. The van der Waals surface area contributed by atoms with Crippen molar-refractivity contribution in [2.45, 2.75) is 32.7 Å². The van der Waals surface area contributed by atoms with Gasteiger partial charge < -0.3 is 10.6 Å². The van der Waals surface area contributed by atoms with E-state index < -0.39 is 0 Å². The number of anilines is 1. The lowest BCUT2D eigenvalue weighted by Crippen LogP contribution is -2.28. The van der Waals surface area contributed by atoms with Crippen molar-refractivity contribution in [3.63, 3.8) is 0 Å². The van der Waals surface area contributed by atoms with Crippen LogP contribution in [0.25, 0.3) is 0 Å². The van der Waals surface area contributed by atoms with Crippen LogP contribution in [0.1, 0.15) is 25.8 Å². The van der Waals surface area contributed by atoms with Crippen LogP contribution < -0.4 is 10.6 Å². The van der Waals surface area contributed by atoms with Gasteiger partial charge in [-0.05, 0) is 49.9 Å². The topological polar surface area (TPSA) is 29.3 Å². The third-order valence-electron chi connectivity index (χ3n) is 3.55. The fourth-order valence-corrected chi connectivity index (χ4v) is 3.16. The number of halogens is 1. The van der Waals surface area contributed by atoms with E-state index in [4.69, 9.17) is 5.73 Å². The van der Waals surface area contributed by atoms with E-state index in [1.165, 1.54) is 17.7 Å². The number of nitrogens with two attached hydrogens (primary N) is 1. The second kappa shape index (κ2) is 5.40. The SMILES string of the molecule is CC1CC(C)N(c2cc(Br)ccc2CCN)C1. The van der Waals surface area contributed by atoms with Gasteiger partial charge in [0.1, 0.15) is 0 Å². The van der Waals surface area contributed by atoms with Crippen LogP contribution in [0.4, 0.5) is 5.69 Å². The molecule has 2 unspecified atom stereocenters. The van der Waals surface area contributed by atoms with Crippen LogP contribution in [-0.2, 0) is 6.42 Å². The van der Waals surface area contributed by atoms with Gasteiger partial charge in [0.2, 0.25) is 0 Å². The summed E-state index contributed by atoms with van der Waals surface area (Å²) in [6.45, 7) is 6.52. The molecule has 0 aromatic heterocycles. The van der Waals surface area contributed by atoms with Crippen LogP contribution in [0, 0.1) is 5.92 Å². The number of hydrogen-bond acceptors (Lipinski definition) is 2. The Kier molecular flexibility index (Phi) is 4.10. The molecule has 1 aliphatic heterocycles. The molecule has 3 heteroatoms. The summed E-state index contributed by atoms with van der Waals surface area (Å²) in [7, 11) is 0. The summed E-state index contributed by atoms with van der Waals surface area (Å²) in [5.74, 6) is 0.787. The van der Waals surface area contributed by atoms with Gasteiger partial charge in [0, 0.05) is 22.7 Å². The molecule has 17 heavy (non-hydrogen) atoms. The maximum atomic E-state index is 5.70. The van der Waals surface area contributed by atoms with Crippen LogP contribution in [0.5, 0.6) is 0 Å². The molecular formula is C14H21BrN2. The molecule has 0 spiro atoms. The van der Waals surface area contributed by atoms with E-state index in [1.54, 1.807) is 0 Å². The van der Waals surface area contributed by atoms with Crippen LogP contribution in [0.2, 0.25) is 0 Å². The largest absolute Gasteiger partial charge is 0.368 e. The van der Waals surface area contributed by atoms with Gasteiger partial charge >= 0.3 is 0 Å². The number of rotatable bonds is 3. The Morgan fingerprint density at radius 3 is 2.76 bits per heavy atom. The molecule has 1 fully saturated rings. The Balaban J connectivity index is 2.32. The lowest BCUT2D eigenvalue weighted by atomic mass is 10.1. The highest BCUT2D eigenvalue weighted by Gasteiger charge is 2.27. The van der Waals surface area contributed by atoms with Crippen molar-refractivity contribution in [1.82, 2.24) is 0 Å². The molecule has 0 radical (unpaired) electrons. The zero-order chi connectivity index (χ0) is 12.4. The first-order valence-corrected chi connectivity index (χ1v) is 7.16. The van der Waals surface area contributed by atoms with Gasteiger partial charge in [-0.2, -0.15) is 0 Å². The molecule has 1 aromatic rings. The first kappa shape index (κ1) is 12.9. The van der Waals surface area contributed by atoms with Gasteiger partial charge in [-0.3, -0.25) is 0 Å². The lowest BCUT2D eigenvalue weighted by molar-refractivity contribution is 0.625. The first-order chi connectivity index (χ1) is 8.11. The summed E-state index contributed by atoms with van der Waals surface area (Å²) in [5.41, 5.74) is 8.43. The van der Waals surface area contributed by atoms with Gasteiger partial charge in [0.25, 0.3) is 0 Å². The molecule has 0 saturated carbocycles. The van der Waals surface area contributed by atoms with Crippen molar-refractivity contribution in [1.29, 1.82) is 0 Å². The van der Waals surface area contributed by atoms with Crippen molar-refractivity contribution >= 4 is 21.6 Å². The summed E-state index contributed by atoms with van der Waals surface area (Å²) in [6, 6.07) is 7.18. The minimum Gasteiger partial charge on any atom is -0.368 e. The van der Waals surface area contributed by atoms with Gasteiger partial charge in [-0.1, -0.05) is 28.9 Å². The Morgan fingerprint density at radius 2 is 2.18 bits per heavy atom. The van der Waals surface area contributed by atoms with Crippen molar-refractivity contribution in [3.05, 3.63) is 28.2 Å². The maximum absolute atomic E-state index is 5.70. The van der Waals surface area contributed by atoms with E-state index in [2.05, 4.69) is 52.9 Å². The van der Waals surface area contributed by atoms with E-state index in [0.29, 0.717) is 12.6 Å². The van der Waals surface area contributed by atoms with Crippen LogP contribution in [-0.4, -0.2) is 19.1 Å². The second-order valence-corrected chi connectivity index (χ2v) is 6.07. The zero-order valence-corrected chi connectivity index (χ0v) is 12.2. The molecule has 0 bridgehead atoms. The molecule has 2 N–H and O–H groups in total. The standard InChI is InChI=1S/C14H21BrN2/c1-10-7-11(2)17(9-10)14-8-13(15)4-3-12(14)5-6-16/h3-4,8,10-11H,5-7,9,16H2,1-2H3. The molecule has 0 aliphatic carbocycles. The third-order valence-corrected chi connectivity index (χ3v) is 4.05. The van der Waals surface area contributed by atoms with E-state index in [1.807, 2.05) is 0 Å². The molecule has 94 valence electrons. The van der Waals surface area contributed by atoms with Gasteiger partial charge in [-0.25, -0.2) is 0 Å². The van der Waals surface area contributed by atoms with Gasteiger partial charge in [-0.15, -0.1) is 0 Å². The van der Waals surface area contributed by atoms with Crippen molar-refractivity contribution in [2.24, 2.45) is 11.7 Å². The van der Waals surface area contributed by atoms with Crippen LogP contribution >= 0.6 is 15.9 Å². The fraction of sp³-hybridized carbons (Fsp3) is 0.571. The Morgan fingerprint density at radius 1 is 1.41 bits per heavy atom. The van der Waals surface area contributed by atoms with E-state index >= 15 is 0 Å². The average molecular weight is 297 g/mol. The number of nitrogens with zero attached hydrogens (tertiary/aromatic N) is 1. The van der Waals surface area contributed by atoms with E-state index in [0.717, 1.165) is 23.4 Å². The van der Waals surface area contributed by atoms with Crippen molar-refractivity contribution in [2.75, 3.05) is 18.0 Å². The van der Waals surface area contributed by atoms with Crippen LogP contribution in [0.15, 0.2) is 22.7 Å². The summed E-state index contributed by atoms with van der Waals surface area (Å²) in [4.78, 5) is 2.53. The Hall–Kier alpha value is -0.540. The highest BCUT2D eigenvalue weighted by Crippen LogP contribution is 2.33. The molecule has 2 nitrogen and oxygen atoms in total. The van der Waals surface area contributed by atoms with Crippen LogP contribution in [0.3, 0.4) is 0 Å². The fourth-order valence-electron chi connectivity index (χ4n) is 2.81. The monoisotopic (exact) mass is 296 g/mol. The molecular weight excluding hydrogens is 276 g/mol. The molecule has 1 aliphatic rings. The maximum Gasteiger partial charge on any atom is 0.0413 e. The molecule has 1 heterocycles. The molecule has 2 atom stereocenters. The smallest absolute Gasteiger partial charge is 0.0413 e. The normalized spacial score (nSPS) is 24.4. The molecule has 0 amide bonds. The highest BCUT2D eigenvalue weighted by molar-refractivity contribution is 9.10. The molecule has 1 saturated heterocycles.